The van der Waals surface area contributed by atoms with Gasteiger partial charge in [-0.25, -0.2) is 0 Å². The summed E-state index contributed by atoms with van der Waals surface area (Å²) in [6.45, 7) is 0.544. The van der Waals surface area contributed by atoms with Gasteiger partial charge in [0.15, 0.2) is 0 Å². The number of benzene rings is 1. The van der Waals surface area contributed by atoms with E-state index in [0.29, 0.717) is 6.54 Å². The van der Waals surface area contributed by atoms with Crippen LogP contribution in [0.25, 0.3) is 0 Å². The quantitative estimate of drug-likeness (QED) is 0.854. The Morgan fingerprint density at radius 3 is 2.67 bits per heavy atom. The molecular formula is C14H15N3O. The van der Waals surface area contributed by atoms with Gasteiger partial charge in [-0.1, -0.05) is 24.3 Å². The van der Waals surface area contributed by atoms with Crippen LogP contribution < -0.4 is 5.32 Å². The topological polar surface area (TPSA) is 57.8 Å². The molecule has 0 radical (unpaired) electrons. The molecule has 0 bridgehead atoms. The van der Waals surface area contributed by atoms with Crippen molar-refractivity contribution in [1.29, 1.82) is 0 Å². The number of fused-ring (bicyclic) bond motifs is 1. The minimum atomic E-state index is 0.0781. The summed E-state index contributed by atoms with van der Waals surface area (Å²) < 4.78 is 0. The summed E-state index contributed by atoms with van der Waals surface area (Å²) in [5.74, 6) is 0.210. The van der Waals surface area contributed by atoms with Crippen LogP contribution in [0.1, 0.15) is 16.7 Å². The molecule has 0 atom stereocenters. The Kier molecular flexibility index (Phi) is 2.84. The molecule has 4 nitrogen and oxygen atoms in total. The van der Waals surface area contributed by atoms with E-state index >= 15 is 0 Å². The predicted molar refractivity (Wildman–Crippen MR) is 67.8 cm³/mol. The number of H-pyrrole nitrogens is 1. The summed E-state index contributed by atoms with van der Waals surface area (Å²) in [5, 5.41) is 9.55. The number of aromatic nitrogens is 2. The molecular weight excluding hydrogens is 226 g/mol. The number of amides is 1. The zero-order valence-corrected chi connectivity index (χ0v) is 10.0. The van der Waals surface area contributed by atoms with Crippen LogP contribution in [0, 0.1) is 5.92 Å². The second kappa shape index (κ2) is 4.64. The largest absolute Gasteiger partial charge is 0.352 e. The molecule has 0 aliphatic heterocycles. The van der Waals surface area contributed by atoms with Crippen LogP contribution in [0.15, 0.2) is 36.7 Å². The van der Waals surface area contributed by atoms with E-state index in [-0.39, 0.29) is 11.8 Å². The minimum Gasteiger partial charge on any atom is -0.352 e. The van der Waals surface area contributed by atoms with Crippen LogP contribution in [0.3, 0.4) is 0 Å². The van der Waals surface area contributed by atoms with Gasteiger partial charge in [-0.05, 0) is 24.0 Å². The Labute approximate surface area is 105 Å². The maximum absolute atomic E-state index is 12.1. The lowest BCUT2D eigenvalue weighted by molar-refractivity contribution is -0.124. The van der Waals surface area contributed by atoms with Crippen molar-refractivity contribution in [3.05, 3.63) is 53.3 Å². The predicted octanol–water partition coefficient (Wildman–Crippen LogP) is 1.44. The molecule has 0 unspecified atom stereocenters. The Morgan fingerprint density at radius 1 is 1.33 bits per heavy atom. The first-order chi connectivity index (χ1) is 8.83. The zero-order chi connectivity index (χ0) is 12.4. The van der Waals surface area contributed by atoms with E-state index in [2.05, 4.69) is 27.6 Å². The van der Waals surface area contributed by atoms with Crippen LogP contribution in [0.2, 0.25) is 0 Å². The number of hydrogen-bond donors (Lipinski definition) is 2. The fourth-order valence-electron chi connectivity index (χ4n) is 2.45. The van der Waals surface area contributed by atoms with Gasteiger partial charge in [-0.15, -0.1) is 0 Å². The highest BCUT2D eigenvalue weighted by molar-refractivity contribution is 5.80. The van der Waals surface area contributed by atoms with E-state index in [9.17, 15) is 4.79 Å². The number of nitrogens with one attached hydrogen (secondary N) is 2. The number of carbonyl (C=O) groups excluding carboxylic acids is 1. The van der Waals surface area contributed by atoms with Crippen molar-refractivity contribution in [2.45, 2.75) is 19.4 Å². The molecule has 1 amide bonds. The lowest BCUT2D eigenvalue weighted by Gasteiger charge is -2.09. The standard InChI is InChI=1S/C14H15N3O/c18-14(15-7-10-8-16-17-9-10)13-5-11-3-1-2-4-12(11)6-13/h1-4,8-9,13H,5-7H2,(H,15,18)(H,16,17). The zero-order valence-electron chi connectivity index (χ0n) is 10.0. The van der Waals surface area contributed by atoms with Crippen molar-refractivity contribution in [3.63, 3.8) is 0 Å². The molecule has 0 saturated heterocycles. The number of rotatable bonds is 3. The Balaban J connectivity index is 1.59. The lowest BCUT2D eigenvalue weighted by Crippen LogP contribution is -2.30. The summed E-state index contributed by atoms with van der Waals surface area (Å²) in [6.07, 6.45) is 5.23. The molecule has 0 saturated carbocycles. The Bertz CT molecular complexity index is 523. The van der Waals surface area contributed by atoms with Crippen LogP contribution in [0.4, 0.5) is 0 Å². The number of hydrogen-bond acceptors (Lipinski definition) is 2. The molecule has 3 rings (SSSR count). The van der Waals surface area contributed by atoms with Crippen LogP contribution in [-0.4, -0.2) is 16.1 Å². The molecule has 2 N–H and O–H groups in total. The van der Waals surface area contributed by atoms with Crippen LogP contribution in [0.5, 0.6) is 0 Å². The van der Waals surface area contributed by atoms with Gasteiger partial charge in [-0.3, -0.25) is 9.89 Å². The van der Waals surface area contributed by atoms with Gasteiger partial charge in [0.1, 0.15) is 0 Å². The van der Waals surface area contributed by atoms with E-state index in [4.69, 9.17) is 0 Å². The first kappa shape index (κ1) is 11.0. The van der Waals surface area contributed by atoms with Gasteiger partial charge in [0.25, 0.3) is 0 Å². The monoisotopic (exact) mass is 241 g/mol. The van der Waals surface area contributed by atoms with Crippen molar-refractivity contribution >= 4 is 5.91 Å². The van der Waals surface area contributed by atoms with E-state index < -0.39 is 0 Å². The second-order valence-corrected chi connectivity index (χ2v) is 4.70. The molecule has 92 valence electrons. The van der Waals surface area contributed by atoms with Gasteiger partial charge < -0.3 is 5.32 Å². The van der Waals surface area contributed by atoms with E-state index in [1.165, 1.54) is 11.1 Å². The van der Waals surface area contributed by atoms with Crippen molar-refractivity contribution in [3.8, 4) is 0 Å². The molecule has 2 aromatic rings. The van der Waals surface area contributed by atoms with Crippen LogP contribution in [-0.2, 0) is 24.2 Å². The normalized spacial score (nSPS) is 14.4. The summed E-state index contributed by atoms with van der Waals surface area (Å²) in [7, 11) is 0. The third-order valence-electron chi connectivity index (χ3n) is 3.44. The first-order valence-electron chi connectivity index (χ1n) is 6.15. The van der Waals surface area contributed by atoms with Gasteiger partial charge in [0, 0.05) is 24.2 Å². The van der Waals surface area contributed by atoms with Crippen molar-refractivity contribution in [1.82, 2.24) is 15.5 Å². The van der Waals surface area contributed by atoms with E-state index in [1.54, 1.807) is 12.4 Å². The third-order valence-corrected chi connectivity index (χ3v) is 3.44. The third kappa shape index (κ3) is 2.14. The summed E-state index contributed by atoms with van der Waals surface area (Å²) in [4.78, 5) is 12.1. The molecule has 1 aliphatic rings. The van der Waals surface area contributed by atoms with E-state index in [0.717, 1.165) is 18.4 Å². The average Bonchev–Trinajstić information content (AvgIpc) is 3.04. The molecule has 18 heavy (non-hydrogen) atoms. The highest BCUT2D eigenvalue weighted by Gasteiger charge is 2.26. The van der Waals surface area contributed by atoms with Crippen molar-refractivity contribution < 1.29 is 4.79 Å². The van der Waals surface area contributed by atoms with E-state index in [1.807, 2.05) is 12.1 Å². The Morgan fingerprint density at radius 2 is 2.06 bits per heavy atom. The van der Waals surface area contributed by atoms with Gasteiger partial charge in [-0.2, -0.15) is 5.10 Å². The van der Waals surface area contributed by atoms with Gasteiger partial charge in [0.05, 0.1) is 6.20 Å². The Hall–Kier alpha value is -2.10. The van der Waals surface area contributed by atoms with Crippen molar-refractivity contribution in [2.75, 3.05) is 0 Å². The minimum absolute atomic E-state index is 0.0781. The van der Waals surface area contributed by atoms with Gasteiger partial charge >= 0.3 is 0 Å². The fourth-order valence-corrected chi connectivity index (χ4v) is 2.45. The maximum atomic E-state index is 12.1. The number of aromatic amines is 1. The molecule has 4 heteroatoms. The SMILES string of the molecule is O=C(NCc1cn[nH]c1)C1Cc2ccccc2C1. The molecule has 1 aliphatic carbocycles. The lowest BCUT2D eigenvalue weighted by atomic mass is 10.1. The summed E-state index contributed by atoms with van der Waals surface area (Å²) in [5.41, 5.74) is 3.61. The maximum Gasteiger partial charge on any atom is 0.224 e. The number of carbonyl (C=O) groups is 1. The first-order valence-corrected chi connectivity index (χ1v) is 6.15. The smallest absolute Gasteiger partial charge is 0.224 e. The molecule has 1 aromatic heterocycles. The average molecular weight is 241 g/mol. The highest BCUT2D eigenvalue weighted by atomic mass is 16.1. The molecule has 1 aromatic carbocycles. The molecule has 1 heterocycles. The molecule has 0 spiro atoms. The van der Waals surface area contributed by atoms with Crippen molar-refractivity contribution in [2.24, 2.45) is 5.92 Å². The highest BCUT2D eigenvalue weighted by Crippen LogP contribution is 2.26. The number of nitrogens with zero attached hydrogens (tertiary/aromatic N) is 1. The van der Waals surface area contributed by atoms with Gasteiger partial charge in [0.2, 0.25) is 5.91 Å². The van der Waals surface area contributed by atoms with Crippen LogP contribution >= 0.6 is 0 Å². The summed E-state index contributed by atoms with van der Waals surface area (Å²) >= 11 is 0. The second-order valence-electron chi connectivity index (χ2n) is 4.70. The molecule has 0 fully saturated rings. The fraction of sp³-hybridized carbons (Fsp3) is 0.286. The summed E-state index contributed by atoms with van der Waals surface area (Å²) in [6, 6.07) is 8.28.